The molecule has 0 radical (unpaired) electrons. The molecule has 7 heavy (non-hydrogen) atoms. The molecular weight excluding hydrogens is 90.1 g/mol. The number of rotatable bonds is 3. The van der Waals surface area contributed by atoms with Crippen LogP contribution in [0.5, 0.6) is 0 Å². The van der Waals surface area contributed by atoms with Crippen molar-refractivity contribution in [2.45, 2.75) is 20.3 Å². The molecule has 2 heteroatoms. The first kappa shape index (κ1) is 6.47. The summed E-state index contributed by atoms with van der Waals surface area (Å²) < 4.78 is 0. The maximum Gasteiger partial charge on any atom is 0.116 e. The zero-order valence-corrected chi connectivity index (χ0v) is 4.85. The van der Waals surface area contributed by atoms with E-state index in [2.05, 4.69) is 5.16 Å². The molecule has 0 fully saturated rings. The Hall–Kier alpha value is -0.530. The van der Waals surface area contributed by atoms with E-state index in [9.17, 15) is 0 Å². The smallest absolute Gasteiger partial charge is 0.116 e. The molecule has 0 amide bonds. The van der Waals surface area contributed by atoms with E-state index in [1.165, 1.54) is 0 Å². The molecule has 0 saturated heterocycles. The minimum atomic E-state index is 0.727. The molecule has 0 unspecified atom stereocenters. The molecule has 42 valence electrons. The second-order valence-electron chi connectivity index (χ2n) is 1.20. The Morgan fingerprint density at radius 2 is 2.43 bits per heavy atom. The van der Waals surface area contributed by atoms with Gasteiger partial charge in [-0.15, -0.1) is 0 Å². The van der Waals surface area contributed by atoms with E-state index < -0.39 is 0 Å². The van der Waals surface area contributed by atoms with Crippen molar-refractivity contribution in [1.82, 2.24) is 0 Å². The first-order valence-corrected chi connectivity index (χ1v) is 2.51. The van der Waals surface area contributed by atoms with Gasteiger partial charge in [0.15, 0.2) is 0 Å². The normalized spacial score (nSPS) is 10.0. The fourth-order valence-electron chi connectivity index (χ4n) is 0.219. The third-order valence-electron chi connectivity index (χ3n) is 0.475. The molecule has 0 atom stereocenters. The Labute approximate surface area is 44.2 Å². The lowest BCUT2D eigenvalue weighted by Gasteiger charge is -1.89. The predicted molar refractivity (Wildman–Crippen MR) is 30.4 cm³/mol. The average molecular weight is 101 g/mol. The van der Waals surface area contributed by atoms with E-state index in [-0.39, 0.29) is 0 Å². The number of nitrogens with zero attached hydrogens (tertiary/aromatic N) is 1. The summed E-state index contributed by atoms with van der Waals surface area (Å²) in [7, 11) is 0. The van der Waals surface area contributed by atoms with E-state index in [4.69, 9.17) is 4.84 Å². The van der Waals surface area contributed by atoms with Crippen LogP contribution in [0.3, 0.4) is 0 Å². The van der Waals surface area contributed by atoms with Crippen LogP contribution in [-0.2, 0) is 4.84 Å². The minimum absolute atomic E-state index is 0.727. The Morgan fingerprint density at radius 3 is 2.86 bits per heavy atom. The first-order chi connectivity index (χ1) is 3.41. The van der Waals surface area contributed by atoms with E-state index in [0.717, 1.165) is 13.0 Å². The van der Waals surface area contributed by atoms with Gasteiger partial charge in [0.25, 0.3) is 0 Å². The van der Waals surface area contributed by atoms with Crippen LogP contribution in [0.25, 0.3) is 0 Å². The van der Waals surface area contributed by atoms with Crippen molar-refractivity contribution < 1.29 is 4.84 Å². The van der Waals surface area contributed by atoms with Crippen LogP contribution in [0.2, 0.25) is 0 Å². The highest BCUT2D eigenvalue weighted by atomic mass is 16.6. The lowest BCUT2D eigenvalue weighted by atomic mass is 10.5. The van der Waals surface area contributed by atoms with Crippen molar-refractivity contribution >= 4 is 6.21 Å². The van der Waals surface area contributed by atoms with Gasteiger partial charge in [0.1, 0.15) is 6.61 Å². The van der Waals surface area contributed by atoms with E-state index in [1.54, 1.807) is 6.21 Å². The summed E-state index contributed by atoms with van der Waals surface area (Å²) in [5.74, 6) is 0. The third kappa shape index (κ3) is 5.47. The maximum absolute atomic E-state index is 4.70. The Balaban J connectivity index is 2.69. The van der Waals surface area contributed by atoms with Gasteiger partial charge in [-0.2, -0.15) is 0 Å². The summed E-state index contributed by atoms with van der Waals surface area (Å²) in [5, 5.41) is 3.54. The highest BCUT2D eigenvalue weighted by Gasteiger charge is 1.71. The Kier molecular flexibility index (Phi) is 5.06. The maximum atomic E-state index is 4.70. The van der Waals surface area contributed by atoms with Crippen LogP contribution < -0.4 is 0 Å². The van der Waals surface area contributed by atoms with Gasteiger partial charge in [0.2, 0.25) is 0 Å². The molecule has 0 saturated carbocycles. The second-order valence-corrected chi connectivity index (χ2v) is 1.20. The lowest BCUT2D eigenvalue weighted by molar-refractivity contribution is 0.146. The molecule has 0 spiro atoms. The van der Waals surface area contributed by atoms with Crippen LogP contribution in [0, 0.1) is 0 Å². The minimum Gasteiger partial charge on any atom is -0.396 e. The standard InChI is InChI=1S/C5H11NO/c1-3-5-7-6-4-2/h4H,3,5H2,1-2H3. The molecule has 0 aromatic rings. The van der Waals surface area contributed by atoms with Crippen molar-refractivity contribution in [2.24, 2.45) is 5.16 Å². The SMILES string of the molecule is CC=NOCCC. The zero-order valence-electron chi connectivity index (χ0n) is 4.85. The Bertz CT molecular complexity index is 52.0. The van der Waals surface area contributed by atoms with Gasteiger partial charge < -0.3 is 4.84 Å². The van der Waals surface area contributed by atoms with E-state index >= 15 is 0 Å². The van der Waals surface area contributed by atoms with Gasteiger partial charge in [-0.1, -0.05) is 12.1 Å². The zero-order chi connectivity index (χ0) is 5.54. The molecule has 0 bridgehead atoms. The summed E-state index contributed by atoms with van der Waals surface area (Å²) in [6, 6.07) is 0. The first-order valence-electron chi connectivity index (χ1n) is 2.51. The molecule has 2 nitrogen and oxygen atoms in total. The van der Waals surface area contributed by atoms with Crippen molar-refractivity contribution in [3.63, 3.8) is 0 Å². The molecule has 0 aliphatic heterocycles. The van der Waals surface area contributed by atoms with Gasteiger partial charge in [-0.05, 0) is 13.3 Å². The van der Waals surface area contributed by atoms with Crippen molar-refractivity contribution in [3.8, 4) is 0 Å². The number of oxime groups is 1. The number of hydrogen-bond acceptors (Lipinski definition) is 2. The summed E-state index contributed by atoms with van der Waals surface area (Å²) in [5.41, 5.74) is 0. The van der Waals surface area contributed by atoms with Crippen LogP contribution in [0.4, 0.5) is 0 Å². The van der Waals surface area contributed by atoms with Gasteiger partial charge in [-0.25, -0.2) is 0 Å². The summed E-state index contributed by atoms with van der Waals surface area (Å²) in [4.78, 5) is 4.70. The molecule has 0 N–H and O–H groups in total. The molecule has 0 aliphatic rings. The fourth-order valence-corrected chi connectivity index (χ4v) is 0.219. The van der Waals surface area contributed by atoms with Gasteiger partial charge in [0.05, 0.1) is 0 Å². The molecule has 0 aliphatic carbocycles. The fraction of sp³-hybridized carbons (Fsp3) is 0.800. The van der Waals surface area contributed by atoms with Gasteiger partial charge in [-0.3, -0.25) is 0 Å². The molecular formula is C5H11NO. The monoisotopic (exact) mass is 101 g/mol. The molecule has 0 aromatic heterocycles. The summed E-state index contributed by atoms with van der Waals surface area (Å²) in [6.07, 6.45) is 2.66. The van der Waals surface area contributed by atoms with E-state index in [0.29, 0.717) is 0 Å². The number of hydrogen-bond donors (Lipinski definition) is 0. The molecule has 0 heterocycles. The van der Waals surface area contributed by atoms with Gasteiger partial charge >= 0.3 is 0 Å². The van der Waals surface area contributed by atoms with Crippen LogP contribution in [0.15, 0.2) is 5.16 Å². The largest absolute Gasteiger partial charge is 0.396 e. The highest BCUT2D eigenvalue weighted by molar-refractivity contribution is 5.52. The van der Waals surface area contributed by atoms with Crippen LogP contribution in [0.1, 0.15) is 20.3 Å². The van der Waals surface area contributed by atoms with Crippen molar-refractivity contribution in [1.29, 1.82) is 0 Å². The van der Waals surface area contributed by atoms with Gasteiger partial charge in [0, 0.05) is 6.21 Å². The topological polar surface area (TPSA) is 21.6 Å². The third-order valence-corrected chi connectivity index (χ3v) is 0.475. The molecule has 0 rings (SSSR count). The van der Waals surface area contributed by atoms with Crippen LogP contribution >= 0.6 is 0 Å². The van der Waals surface area contributed by atoms with Crippen molar-refractivity contribution in [3.05, 3.63) is 0 Å². The van der Waals surface area contributed by atoms with Crippen LogP contribution in [-0.4, -0.2) is 12.8 Å². The van der Waals surface area contributed by atoms with E-state index in [1.807, 2.05) is 13.8 Å². The Morgan fingerprint density at radius 1 is 1.71 bits per heavy atom. The van der Waals surface area contributed by atoms with Crippen molar-refractivity contribution in [2.75, 3.05) is 6.61 Å². The quantitative estimate of drug-likeness (QED) is 0.299. The lowest BCUT2D eigenvalue weighted by Crippen LogP contribution is -1.81. The highest BCUT2D eigenvalue weighted by Crippen LogP contribution is 1.77. The molecule has 0 aromatic carbocycles. The second kappa shape index (κ2) is 5.47. The summed E-state index contributed by atoms with van der Waals surface area (Å²) in [6.45, 7) is 4.60. The predicted octanol–water partition coefficient (Wildman–Crippen LogP) is 1.42. The average Bonchev–Trinajstić information content (AvgIpc) is 1.69. The summed E-state index contributed by atoms with van der Waals surface area (Å²) >= 11 is 0.